The van der Waals surface area contributed by atoms with Crippen LogP contribution in [0.4, 0.5) is 5.69 Å². The summed E-state index contributed by atoms with van der Waals surface area (Å²) in [7, 11) is 0. The van der Waals surface area contributed by atoms with Gasteiger partial charge in [-0.15, -0.1) is 0 Å². The molecule has 1 saturated heterocycles. The molecule has 1 amide bonds. The van der Waals surface area contributed by atoms with E-state index in [0.29, 0.717) is 12.1 Å². The van der Waals surface area contributed by atoms with E-state index >= 15 is 0 Å². The Morgan fingerprint density at radius 3 is 2.67 bits per heavy atom. The van der Waals surface area contributed by atoms with Crippen LogP contribution in [0.15, 0.2) is 54.6 Å². The minimum Gasteiger partial charge on any atom is -0.374 e. The van der Waals surface area contributed by atoms with Crippen molar-refractivity contribution in [3.8, 4) is 0 Å². The van der Waals surface area contributed by atoms with Gasteiger partial charge in [-0.1, -0.05) is 35.9 Å². The Morgan fingerprint density at radius 2 is 1.92 bits per heavy atom. The maximum Gasteiger partial charge on any atom is 0.251 e. The Labute approximate surface area is 143 Å². The van der Waals surface area contributed by atoms with E-state index in [-0.39, 0.29) is 12.0 Å². The first kappa shape index (κ1) is 16.5. The third kappa shape index (κ3) is 4.36. The van der Waals surface area contributed by atoms with Crippen LogP contribution < -0.4 is 10.2 Å². The number of amides is 1. The van der Waals surface area contributed by atoms with Crippen molar-refractivity contribution < 1.29 is 9.53 Å². The van der Waals surface area contributed by atoms with Crippen LogP contribution in [-0.4, -0.2) is 38.3 Å². The second-order valence-corrected chi connectivity index (χ2v) is 6.18. The van der Waals surface area contributed by atoms with Crippen molar-refractivity contribution in [2.75, 3.05) is 31.1 Å². The third-order valence-corrected chi connectivity index (χ3v) is 4.33. The van der Waals surface area contributed by atoms with Crippen LogP contribution in [0.3, 0.4) is 0 Å². The predicted molar refractivity (Wildman–Crippen MR) is 96.5 cm³/mol. The second kappa shape index (κ2) is 7.97. The van der Waals surface area contributed by atoms with Crippen molar-refractivity contribution in [2.24, 2.45) is 0 Å². The highest BCUT2D eigenvalue weighted by molar-refractivity contribution is 5.94. The number of carbonyl (C=O) groups is 1. The summed E-state index contributed by atoms with van der Waals surface area (Å²) in [6.07, 6.45) is 0.971. The molecule has 4 nitrogen and oxygen atoms in total. The molecule has 126 valence electrons. The van der Waals surface area contributed by atoms with Crippen LogP contribution in [0.25, 0.3) is 0 Å². The van der Waals surface area contributed by atoms with Gasteiger partial charge in [0.25, 0.3) is 5.91 Å². The van der Waals surface area contributed by atoms with E-state index in [1.807, 2.05) is 37.3 Å². The fraction of sp³-hybridized carbons (Fsp3) is 0.350. The second-order valence-electron chi connectivity index (χ2n) is 6.18. The summed E-state index contributed by atoms with van der Waals surface area (Å²) < 4.78 is 5.84. The number of nitrogens with zero attached hydrogens (tertiary/aromatic N) is 1. The van der Waals surface area contributed by atoms with E-state index in [9.17, 15) is 4.79 Å². The number of aryl methyl sites for hydroxylation is 1. The normalized spacial score (nSPS) is 17.5. The number of morpholine rings is 1. The van der Waals surface area contributed by atoms with Gasteiger partial charge in [-0.25, -0.2) is 0 Å². The van der Waals surface area contributed by atoms with Gasteiger partial charge < -0.3 is 15.0 Å². The zero-order chi connectivity index (χ0) is 16.8. The summed E-state index contributed by atoms with van der Waals surface area (Å²) in [5.41, 5.74) is 3.09. The van der Waals surface area contributed by atoms with Crippen LogP contribution in [-0.2, 0) is 4.74 Å². The Kier molecular flexibility index (Phi) is 5.49. The van der Waals surface area contributed by atoms with Crippen molar-refractivity contribution in [2.45, 2.75) is 19.4 Å². The SMILES string of the molecule is Cc1ccc(C(=O)NCCC2CN(c3ccccc3)CCO2)cc1. The van der Waals surface area contributed by atoms with Crippen molar-refractivity contribution in [1.82, 2.24) is 5.32 Å². The van der Waals surface area contributed by atoms with Gasteiger partial charge in [0.2, 0.25) is 0 Å². The quantitative estimate of drug-likeness (QED) is 0.919. The molecule has 1 unspecified atom stereocenters. The van der Waals surface area contributed by atoms with Crippen molar-refractivity contribution >= 4 is 11.6 Å². The average molecular weight is 324 g/mol. The smallest absolute Gasteiger partial charge is 0.251 e. The lowest BCUT2D eigenvalue weighted by Crippen LogP contribution is -2.43. The van der Waals surface area contributed by atoms with Gasteiger partial charge >= 0.3 is 0 Å². The van der Waals surface area contributed by atoms with E-state index in [1.165, 1.54) is 5.69 Å². The fourth-order valence-corrected chi connectivity index (χ4v) is 2.92. The van der Waals surface area contributed by atoms with Crippen LogP contribution in [0, 0.1) is 6.92 Å². The van der Waals surface area contributed by atoms with Gasteiger partial charge in [-0.05, 0) is 37.6 Å². The van der Waals surface area contributed by atoms with Crippen LogP contribution in [0.5, 0.6) is 0 Å². The molecule has 0 aliphatic carbocycles. The zero-order valence-corrected chi connectivity index (χ0v) is 14.1. The molecule has 2 aromatic rings. The highest BCUT2D eigenvalue weighted by Gasteiger charge is 2.20. The Hall–Kier alpha value is -2.33. The molecule has 0 spiro atoms. The van der Waals surface area contributed by atoms with E-state index in [0.717, 1.165) is 31.7 Å². The first-order valence-electron chi connectivity index (χ1n) is 8.49. The number of benzene rings is 2. The molecule has 1 heterocycles. The number of carbonyl (C=O) groups excluding carboxylic acids is 1. The standard InChI is InChI=1S/C20H24N2O2/c1-16-7-9-17(10-8-16)20(23)21-12-11-19-15-22(13-14-24-19)18-5-3-2-4-6-18/h2-10,19H,11-15H2,1H3,(H,21,23). The van der Waals surface area contributed by atoms with Crippen LogP contribution in [0.2, 0.25) is 0 Å². The lowest BCUT2D eigenvalue weighted by Gasteiger charge is -2.34. The minimum atomic E-state index is -0.0225. The number of rotatable bonds is 5. The molecule has 0 aromatic heterocycles. The molecule has 0 saturated carbocycles. The molecule has 3 rings (SSSR count). The van der Waals surface area contributed by atoms with Gasteiger partial charge in [0.15, 0.2) is 0 Å². The predicted octanol–water partition coefficient (Wildman–Crippen LogP) is 3.02. The summed E-state index contributed by atoms with van der Waals surface area (Å²) in [5.74, 6) is -0.0225. The lowest BCUT2D eigenvalue weighted by atomic mass is 10.1. The largest absolute Gasteiger partial charge is 0.374 e. The number of anilines is 1. The van der Waals surface area contributed by atoms with E-state index in [4.69, 9.17) is 4.74 Å². The molecule has 1 atom stereocenters. The van der Waals surface area contributed by atoms with E-state index in [2.05, 4.69) is 34.5 Å². The van der Waals surface area contributed by atoms with Crippen LogP contribution in [0.1, 0.15) is 22.3 Å². The van der Waals surface area contributed by atoms with Gasteiger partial charge in [-0.3, -0.25) is 4.79 Å². The molecule has 0 radical (unpaired) electrons. The minimum absolute atomic E-state index is 0.0225. The third-order valence-electron chi connectivity index (χ3n) is 4.33. The zero-order valence-electron chi connectivity index (χ0n) is 14.1. The Morgan fingerprint density at radius 1 is 1.17 bits per heavy atom. The highest BCUT2D eigenvalue weighted by Crippen LogP contribution is 2.18. The number of ether oxygens (including phenoxy) is 1. The van der Waals surface area contributed by atoms with Gasteiger partial charge in [0.1, 0.15) is 0 Å². The molecule has 1 N–H and O–H groups in total. The Bertz CT molecular complexity index is 655. The summed E-state index contributed by atoms with van der Waals surface area (Å²) in [6.45, 7) is 5.15. The fourth-order valence-electron chi connectivity index (χ4n) is 2.92. The monoisotopic (exact) mass is 324 g/mol. The van der Waals surface area contributed by atoms with E-state index in [1.54, 1.807) is 0 Å². The molecule has 1 aliphatic heterocycles. The molecular weight excluding hydrogens is 300 g/mol. The van der Waals surface area contributed by atoms with E-state index < -0.39 is 0 Å². The summed E-state index contributed by atoms with van der Waals surface area (Å²) in [5, 5.41) is 2.98. The topological polar surface area (TPSA) is 41.6 Å². The number of nitrogens with one attached hydrogen (secondary N) is 1. The maximum atomic E-state index is 12.1. The lowest BCUT2D eigenvalue weighted by molar-refractivity contribution is 0.0354. The highest BCUT2D eigenvalue weighted by atomic mass is 16.5. The molecule has 1 fully saturated rings. The van der Waals surface area contributed by atoms with Gasteiger partial charge in [0.05, 0.1) is 12.7 Å². The van der Waals surface area contributed by atoms with Crippen molar-refractivity contribution in [3.63, 3.8) is 0 Å². The van der Waals surface area contributed by atoms with Crippen molar-refractivity contribution in [1.29, 1.82) is 0 Å². The summed E-state index contributed by atoms with van der Waals surface area (Å²) in [6, 6.07) is 18.0. The van der Waals surface area contributed by atoms with Gasteiger partial charge in [-0.2, -0.15) is 0 Å². The van der Waals surface area contributed by atoms with Gasteiger partial charge in [0, 0.05) is 30.9 Å². The first-order chi connectivity index (χ1) is 11.7. The summed E-state index contributed by atoms with van der Waals surface area (Å²) >= 11 is 0. The Balaban J connectivity index is 1.46. The molecule has 24 heavy (non-hydrogen) atoms. The van der Waals surface area contributed by atoms with Crippen LogP contribution >= 0.6 is 0 Å². The molecular formula is C20H24N2O2. The molecule has 0 bridgehead atoms. The maximum absolute atomic E-state index is 12.1. The molecule has 1 aliphatic rings. The van der Waals surface area contributed by atoms with Crippen molar-refractivity contribution in [3.05, 3.63) is 65.7 Å². The number of para-hydroxylation sites is 1. The summed E-state index contributed by atoms with van der Waals surface area (Å²) in [4.78, 5) is 14.5. The molecule has 4 heteroatoms. The first-order valence-corrected chi connectivity index (χ1v) is 8.49. The number of hydrogen-bond donors (Lipinski definition) is 1. The number of hydrogen-bond acceptors (Lipinski definition) is 3. The average Bonchev–Trinajstić information content (AvgIpc) is 2.63. The molecule has 2 aromatic carbocycles.